The van der Waals surface area contributed by atoms with E-state index in [1.165, 1.54) is 0 Å². The molecule has 3 heteroatoms. The molecule has 0 aromatic rings. The van der Waals surface area contributed by atoms with Crippen LogP contribution in [0, 0.1) is 18.3 Å². The van der Waals surface area contributed by atoms with Gasteiger partial charge in [0.2, 0.25) is 5.91 Å². The molecule has 1 saturated heterocycles. The second-order valence-electron chi connectivity index (χ2n) is 2.95. The number of amides is 1. The Labute approximate surface area is 72.9 Å². The molecule has 0 atom stereocenters. The van der Waals surface area contributed by atoms with Gasteiger partial charge in [-0.25, -0.2) is 0 Å². The number of piperidine rings is 1. The van der Waals surface area contributed by atoms with Gasteiger partial charge in [0.25, 0.3) is 0 Å². The Bertz CT molecular complexity index is 189. The molecule has 0 aliphatic carbocycles. The first-order valence-electron chi connectivity index (χ1n) is 4.26. The van der Waals surface area contributed by atoms with E-state index in [0.29, 0.717) is 6.54 Å². The normalized spacial score (nSPS) is 18.2. The van der Waals surface area contributed by atoms with Crippen LogP contribution >= 0.6 is 0 Å². The van der Waals surface area contributed by atoms with Gasteiger partial charge in [0, 0.05) is 5.92 Å². The van der Waals surface area contributed by atoms with Gasteiger partial charge in [-0.3, -0.25) is 4.79 Å². The minimum Gasteiger partial charge on any atom is -0.345 e. The SMILES string of the molecule is C#CCNC(=O)C1CCNCC1. The number of terminal acetylenes is 1. The van der Waals surface area contributed by atoms with Crippen LogP contribution in [0.25, 0.3) is 0 Å². The molecule has 0 spiro atoms. The lowest BCUT2D eigenvalue weighted by molar-refractivity contribution is -0.125. The Hall–Kier alpha value is -1.01. The smallest absolute Gasteiger partial charge is 0.223 e. The Morgan fingerprint density at radius 2 is 2.25 bits per heavy atom. The van der Waals surface area contributed by atoms with E-state index in [2.05, 4.69) is 16.6 Å². The lowest BCUT2D eigenvalue weighted by Gasteiger charge is -2.21. The van der Waals surface area contributed by atoms with Gasteiger partial charge >= 0.3 is 0 Å². The van der Waals surface area contributed by atoms with Crippen molar-refractivity contribution in [3.05, 3.63) is 0 Å². The molecule has 0 radical (unpaired) electrons. The summed E-state index contributed by atoms with van der Waals surface area (Å²) >= 11 is 0. The van der Waals surface area contributed by atoms with Crippen LogP contribution in [0.5, 0.6) is 0 Å². The van der Waals surface area contributed by atoms with Crippen molar-refractivity contribution in [1.29, 1.82) is 0 Å². The van der Waals surface area contributed by atoms with E-state index < -0.39 is 0 Å². The molecule has 1 rings (SSSR count). The molecular formula is C9H14N2O. The van der Waals surface area contributed by atoms with E-state index in [1.54, 1.807) is 0 Å². The molecule has 1 aliphatic heterocycles. The molecule has 0 saturated carbocycles. The maximum atomic E-state index is 11.3. The van der Waals surface area contributed by atoms with E-state index in [-0.39, 0.29) is 11.8 Å². The summed E-state index contributed by atoms with van der Waals surface area (Å²) in [6.07, 6.45) is 6.88. The van der Waals surface area contributed by atoms with Gasteiger partial charge in [-0.1, -0.05) is 5.92 Å². The number of carbonyl (C=O) groups is 1. The molecular weight excluding hydrogens is 152 g/mol. The lowest BCUT2D eigenvalue weighted by atomic mass is 9.97. The zero-order chi connectivity index (χ0) is 8.81. The van der Waals surface area contributed by atoms with E-state index in [0.717, 1.165) is 25.9 Å². The summed E-state index contributed by atoms with van der Waals surface area (Å²) in [6, 6.07) is 0. The first kappa shape index (κ1) is 9.08. The number of carbonyl (C=O) groups excluding carboxylic acids is 1. The quantitative estimate of drug-likeness (QED) is 0.555. The number of nitrogens with one attached hydrogen (secondary N) is 2. The van der Waals surface area contributed by atoms with Crippen molar-refractivity contribution in [2.75, 3.05) is 19.6 Å². The van der Waals surface area contributed by atoms with Crippen LogP contribution in [0.4, 0.5) is 0 Å². The Balaban J connectivity index is 2.26. The van der Waals surface area contributed by atoms with Gasteiger partial charge in [0.1, 0.15) is 0 Å². The highest BCUT2D eigenvalue weighted by atomic mass is 16.1. The molecule has 1 fully saturated rings. The largest absolute Gasteiger partial charge is 0.345 e. The van der Waals surface area contributed by atoms with Crippen molar-refractivity contribution < 1.29 is 4.79 Å². The van der Waals surface area contributed by atoms with E-state index in [1.807, 2.05) is 0 Å². The molecule has 1 heterocycles. The van der Waals surface area contributed by atoms with Crippen molar-refractivity contribution in [2.45, 2.75) is 12.8 Å². The molecule has 1 amide bonds. The minimum atomic E-state index is 0.106. The third-order valence-electron chi connectivity index (χ3n) is 2.07. The predicted molar refractivity (Wildman–Crippen MR) is 47.4 cm³/mol. The van der Waals surface area contributed by atoms with Crippen LogP contribution in [-0.2, 0) is 4.79 Å². The Morgan fingerprint density at radius 3 is 2.83 bits per heavy atom. The molecule has 2 N–H and O–H groups in total. The first-order chi connectivity index (χ1) is 5.84. The Morgan fingerprint density at radius 1 is 1.58 bits per heavy atom. The monoisotopic (exact) mass is 166 g/mol. The van der Waals surface area contributed by atoms with Crippen LogP contribution in [0.3, 0.4) is 0 Å². The molecule has 3 nitrogen and oxygen atoms in total. The fraction of sp³-hybridized carbons (Fsp3) is 0.667. The first-order valence-corrected chi connectivity index (χ1v) is 4.26. The molecule has 1 aliphatic rings. The molecule has 0 aromatic heterocycles. The Kier molecular flexibility index (Phi) is 3.62. The van der Waals surface area contributed by atoms with Crippen LogP contribution in [-0.4, -0.2) is 25.5 Å². The van der Waals surface area contributed by atoms with E-state index >= 15 is 0 Å². The van der Waals surface area contributed by atoms with Crippen LogP contribution in [0.1, 0.15) is 12.8 Å². The van der Waals surface area contributed by atoms with Gasteiger partial charge in [-0.05, 0) is 25.9 Å². The number of rotatable bonds is 2. The average Bonchev–Trinajstić information content (AvgIpc) is 2.15. The molecule has 0 bridgehead atoms. The summed E-state index contributed by atoms with van der Waals surface area (Å²) in [4.78, 5) is 11.3. The van der Waals surface area contributed by atoms with Crippen LogP contribution in [0.15, 0.2) is 0 Å². The highest BCUT2D eigenvalue weighted by molar-refractivity contribution is 5.78. The second-order valence-corrected chi connectivity index (χ2v) is 2.95. The van der Waals surface area contributed by atoms with Gasteiger partial charge in [-0.2, -0.15) is 0 Å². The third kappa shape index (κ3) is 2.55. The summed E-state index contributed by atoms with van der Waals surface area (Å²) in [5.74, 6) is 2.66. The topological polar surface area (TPSA) is 41.1 Å². The second kappa shape index (κ2) is 4.78. The summed E-state index contributed by atoms with van der Waals surface area (Å²) in [6.45, 7) is 2.23. The van der Waals surface area contributed by atoms with Gasteiger partial charge in [-0.15, -0.1) is 6.42 Å². The summed E-state index contributed by atoms with van der Waals surface area (Å²) in [5, 5.41) is 5.90. The molecule has 0 unspecified atom stereocenters. The maximum absolute atomic E-state index is 11.3. The van der Waals surface area contributed by atoms with E-state index in [4.69, 9.17) is 6.42 Å². The average molecular weight is 166 g/mol. The van der Waals surface area contributed by atoms with Crippen molar-refractivity contribution in [1.82, 2.24) is 10.6 Å². The van der Waals surface area contributed by atoms with Crippen LogP contribution < -0.4 is 10.6 Å². The van der Waals surface area contributed by atoms with Gasteiger partial charge < -0.3 is 10.6 Å². The fourth-order valence-electron chi connectivity index (χ4n) is 1.37. The van der Waals surface area contributed by atoms with Crippen molar-refractivity contribution in [3.8, 4) is 12.3 Å². The zero-order valence-electron chi connectivity index (χ0n) is 7.10. The molecule has 66 valence electrons. The summed E-state index contributed by atoms with van der Waals surface area (Å²) in [7, 11) is 0. The highest BCUT2D eigenvalue weighted by Gasteiger charge is 2.19. The number of hydrogen-bond acceptors (Lipinski definition) is 2. The third-order valence-corrected chi connectivity index (χ3v) is 2.07. The maximum Gasteiger partial charge on any atom is 0.223 e. The van der Waals surface area contributed by atoms with Crippen molar-refractivity contribution in [2.24, 2.45) is 5.92 Å². The van der Waals surface area contributed by atoms with E-state index in [9.17, 15) is 4.79 Å². The molecule has 0 aromatic carbocycles. The predicted octanol–water partition coefficient (Wildman–Crippen LogP) is -0.265. The summed E-state index contributed by atoms with van der Waals surface area (Å²) in [5.41, 5.74) is 0. The summed E-state index contributed by atoms with van der Waals surface area (Å²) < 4.78 is 0. The van der Waals surface area contributed by atoms with Crippen molar-refractivity contribution in [3.63, 3.8) is 0 Å². The number of hydrogen-bond donors (Lipinski definition) is 2. The van der Waals surface area contributed by atoms with Crippen LogP contribution in [0.2, 0.25) is 0 Å². The van der Waals surface area contributed by atoms with Gasteiger partial charge in [0.15, 0.2) is 0 Å². The van der Waals surface area contributed by atoms with Gasteiger partial charge in [0.05, 0.1) is 6.54 Å². The fourth-order valence-corrected chi connectivity index (χ4v) is 1.37. The lowest BCUT2D eigenvalue weighted by Crippen LogP contribution is -2.38. The standard InChI is InChI=1S/C9H14N2O/c1-2-5-11-9(12)8-3-6-10-7-4-8/h1,8,10H,3-7H2,(H,11,12). The zero-order valence-corrected chi connectivity index (χ0v) is 7.10. The highest BCUT2D eigenvalue weighted by Crippen LogP contribution is 2.10. The minimum absolute atomic E-state index is 0.106. The molecule has 12 heavy (non-hydrogen) atoms. The van der Waals surface area contributed by atoms with Crippen molar-refractivity contribution >= 4 is 5.91 Å².